The molecule has 1 aromatic rings. The van der Waals surface area contributed by atoms with Crippen LogP contribution in [0.4, 0.5) is 17.6 Å². The standard InChI is InChI=1S/C11H13F4NO/c1-10(6-16,17-2)8-4-3-7(12)5-9(8)11(13,14)15/h3-5H,6,16H2,1-2H3. The molecule has 1 rings (SSSR count). The molecule has 0 amide bonds. The predicted octanol–water partition coefficient (Wildman–Crippen LogP) is 2.66. The van der Waals surface area contributed by atoms with E-state index in [1.807, 2.05) is 0 Å². The van der Waals surface area contributed by atoms with E-state index in [-0.39, 0.29) is 12.1 Å². The smallest absolute Gasteiger partial charge is 0.372 e. The fourth-order valence-corrected chi connectivity index (χ4v) is 1.52. The normalized spacial score (nSPS) is 15.7. The van der Waals surface area contributed by atoms with Gasteiger partial charge in [0, 0.05) is 13.7 Å². The van der Waals surface area contributed by atoms with Crippen LogP contribution in [0.5, 0.6) is 0 Å². The van der Waals surface area contributed by atoms with Gasteiger partial charge in [-0.3, -0.25) is 0 Å². The van der Waals surface area contributed by atoms with Crippen LogP contribution in [0.2, 0.25) is 0 Å². The molecule has 1 aromatic carbocycles. The molecule has 0 radical (unpaired) electrons. The maximum absolute atomic E-state index is 12.9. The molecule has 0 spiro atoms. The number of benzene rings is 1. The molecule has 0 heterocycles. The van der Waals surface area contributed by atoms with Gasteiger partial charge >= 0.3 is 6.18 Å². The van der Waals surface area contributed by atoms with Gasteiger partial charge in [0.05, 0.1) is 5.56 Å². The molecule has 1 unspecified atom stereocenters. The number of hydrogen-bond acceptors (Lipinski definition) is 2. The van der Waals surface area contributed by atoms with Crippen LogP contribution in [0.1, 0.15) is 18.1 Å². The lowest BCUT2D eigenvalue weighted by molar-refractivity contribution is -0.141. The lowest BCUT2D eigenvalue weighted by Gasteiger charge is -2.29. The molecular weight excluding hydrogens is 238 g/mol. The van der Waals surface area contributed by atoms with Gasteiger partial charge in [-0.05, 0) is 24.6 Å². The molecular formula is C11H13F4NO. The zero-order chi connectivity index (χ0) is 13.3. The van der Waals surface area contributed by atoms with Gasteiger partial charge in [-0.15, -0.1) is 0 Å². The molecule has 0 aliphatic rings. The van der Waals surface area contributed by atoms with E-state index in [9.17, 15) is 17.6 Å². The third-order valence-corrected chi connectivity index (χ3v) is 2.70. The van der Waals surface area contributed by atoms with Gasteiger partial charge in [0.25, 0.3) is 0 Å². The van der Waals surface area contributed by atoms with Gasteiger partial charge in [-0.25, -0.2) is 4.39 Å². The van der Waals surface area contributed by atoms with E-state index in [4.69, 9.17) is 10.5 Å². The Balaban J connectivity index is 3.43. The van der Waals surface area contributed by atoms with Crippen molar-refractivity contribution in [2.24, 2.45) is 5.73 Å². The predicted molar refractivity (Wildman–Crippen MR) is 54.8 cm³/mol. The zero-order valence-electron chi connectivity index (χ0n) is 9.44. The van der Waals surface area contributed by atoms with E-state index in [0.717, 1.165) is 12.1 Å². The first-order valence-corrected chi connectivity index (χ1v) is 4.87. The molecule has 0 saturated heterocycles. The Hall–Kier alpha value is -1.14. The molecule has 2 N–H and O–H groups in total. The van der Waals surface area contributed by atoms with Gasteiger partial charge in [-0.2, -0.15) is 13.2 Å². The molecule has 0 saturated carbocycles. The summed E-state index contributed by atoms with van der Waals surface area (Å²) < 4.78 is 56.2. The quantitative estimate of drug-likeness (QED) is 0.838. The molecule has 0 aromatic heterocycles. The van der Waals surface area contributed by atoms with Crippen molar-refractivity contribution in [3.05, 3.63) is 35.1 Å². The molecule has 0 fully saturated rings. The van der Waals surface area contributed by atoms with Gasteiger partial charge in [0.1, 0.15) is 11.4 Å². The van der Waals surface area contributed by atoms with Crippen LogP contribution in [0, 0.1) is 5.82 Å². The maximum atomic E-state index is 12.9. The van der Waals surface area contributed by atoms with Crippen molar-refractivity contribution in [3.8, 4) is 0 Å². The summed E-state index contributed by atoms with van der Waals surface area (Å²) in [6, 6.07) is 2.45. The van der Waals surface area contributed by atoms with Crippen LogP contribution in [-0.2, 0) is 16.5 Å². The number of methoxy groups -OCH3 is 1. The van der Waals surface area contributed by atoms with Crippen molar-refractivity contribution in [3.63, 3.8) is 0 Å². The van der Waals surface area contributed by atoms with Crippen molar-refractivity contribution in [2.45, 2.75) is 18.7 Å². The van der Waals surface area contributed by atoms with Crippen LogP contribution in [-0.4, -0.2) is 13.7 Å². The minimum atomic E-state index is -4.65. The van der Waals surface area contributed by atoms with Crippen molar-refractivity contribution in [2.75, 3.05) is 13.7 Å². The van der Waals surface area contributed by atoms with Crippen molar-refractivity contribution < 1.29 is 22.3 Å². The number of nitrogens with two attached hydrogens (primary N) is 1. The minimum absolute atomic E-state index is 0.141. The van der Waals surface area contributed by atoms with E-state index < -0.39 is 23.2 Å². The largest absolute Gasteiger partial charge is 0.416 e. The second kappa shape index (κ2) is 4.62. The molecule has 0 bridgehead atoms. The van der Waals surface area contributed by atoms with Crippen LogP contribution < -0.4 is 5.73 Å². The molecule has 0 aliphatic carbocycles. The van der Waals surface area contributed by atoms with Crippen LogP contribution in [0.3, 0.4) is 0 Å². The third-order valence-electron chi connectivity index (χ3n) is 2.70. The number of rotatable bonds is 3. The highest BCUT2D eigenvalue weighted by molar-refractivity contribution is 5.35. The van der Waals surface area contributed by atoms with Gasteiger partial charge in [-0.1, -0.05) is 6.07 Å². The van der Waals surface area contributed by atoms with E-state index in [2.05, 4.69) is 0 Å². The van der Waals surface area contributed by atoms with Gasteiger partial charge in [0.15, 0.2) is 0 Å². The highest BCUT2D eigenvalue weighted by Crippen LogP contribution is 2.38. The summed E-state index contributed by atoms with van der Waals surface area (Å²) in [5.74, 6) is -0.948. The highest BCUT2D eigenvalue weighted by Gasteiger charge is 2.39. The van der Waals surface area contributed by atoms with E-state index >= 15 is 0 Å². The van der Waals surface area contributed by atoms with E-state index in [1.165, 1.54) is 14.0 Å². The summed E-state index contributed by atoms with van der Waals surface area (Å²) in [6.07, 6.45) is -4.65. The summed E-state index contributed by atoms with van der Waals surface area (Å²) in [7, 11) is 1.26. The Morgan fingerprint density at radius 1 is 1.24 bits per heavy atom. The number of halogens is 4. The average molecular weight is 251 g/mol. The fourth-order valence-electron chi connectivity index (χ4n) is 1.52. The fraction of sp³-hybridized carbons (Fsp3) is 0.455. The first-order chi connectivity index (χ1) is 7.74. The number of hydrogen-bond donors (Lipinski definition) is 1. The van der Waals surface area contributed by atoms with E-state index in [1.54, 1.807) is 0 Å². The molecule has 1 atom stereocenters. The Kier molecular flexibility index (Phi) is 3.78. The third kappa shape index (κ3) is 2.76. The first kappa shape index (κ1) is 13.9. The molecule has 6 heteroatoms. The van der Waals surface area contributed by atoms with Crippen molar-refractivity contribution in [1.82, 2.24) is 0 Å². The van der Waals surface area contributed by atoms with Crippen molar-refractivity contribution in [1.29, 1.82) is 0 Å². The second-order valence-corrected chi connectivity index (χ2v) is 3.83. The Labute approximate surface area is 96.4 Å². The summed E-state index contributed by atoms with van der Waals surface area (Å²) in [5.41, 5.74) is 2.89. The Morgan fingerprint density at radius 3 is 2.24 bits per heavy atom. The molecule has 96 valence electrons. The first-order valence-electron chi connectivity index (χ1n) is 4.87. The number of alkyl halides is 3. The molecule has 17 heavy (non-hydrogen) atoms. The summed E-state index contributed by atoms with van der Waals surface area (Å²) >= 11 is 0. The zero-order valence-corrected chi connectivity index (χ0v) is 9.44. The van der Waals surface area contributed by atoms with Gasteiger partial charge < -0.3 is 10.5 Å². The Morgan fingerprint density at radius 2 is 1.82 bits per heavy atom. The molecule has 2 nitrogen and oxygen atoms in total. The summed E-state index contributed by atoms with van der Waals surface area (Å²) in [4.78, 5) is 0. The van der Waals surface area contributed by atoms with E-state index in [0.29, 0.717) is 6.07 Å². The lowest BCUT2D eigenvalue weighted by Crippen LogP contribution is -2.36. The number of ether oxygens (including phenoxy) is 1. The topological polar surface area (TPSA) is 35.2 Å². The van der Waals surface area contributed by atoms with Crippen LogP contribution in [0.15, 0.2) is 18.2 Å². The monoisotopic (exact) mass is 251 g/mol. The van der Waals surface area contributed by atoms with Crippen LogP contribution >= 0.6 is 0 Å². The van der Waals surface area contributed by atoms with Gasteiger partial charge in [0.2, 0.25) is 0 Å². The Bertz CT molecular complexity index is 399. The summed E-state index contributed by atoms with van der Waals surface area (Å²) in [5, 5.41) is 0. The molecule has 0 aliphatic heterocycles. The summed E-state index contributed by atoms with van der Waals surface area (Å²) in [6.45, 7) is 1.29. The van der Waals surface area contributed by atoms with Crippen molar-refractivity contribution >= 4 is 0 Å². The lowest BCUT2D eigenvalue weighted by atomic mass is 9.91. The highest BCUT2D eigenvalue weighted by atomic mass is 19.4. The SMILES string of the molecule is COC(C)(CN)c1ccc(F)cc1C(F)(F)F. The maximum Gasteiger partial charge on any atom is 0.416 e. The average Bonchev–Trinajstić information content (AvgIpc) is 2.27. The second-order valence-electron chi connectivity index (χ2n) is 3.83. The minimum Gasteiger partial charge on any atom is -0.372 e. The van der Waals surface area contributed by atoms with Crippen LogP contribution in [0.25, 0.3) is 0 Å².